The summed E-state index contributed by atoms with van der Waals surface area (Å²) >= 11 is 3.42. The van der Waals surface area contributed by atoms with Gasteiger partial charge in [-0.05, 0) is 36.1 Å². The third kappa shape index (κ3) is 3.99. The van der Waals surface area contributed by atoms with Crippen molar-refractivity contribution in [2.45, 2.75) is 19.4 Å². The fourth-order valence-electron chi connectivity index (χ4n) is 3.97. The van der Waals surface area contributed by atoms with E-state index < -0.39 is 0 Å². The second-order valence-corrected chi connectivity index (χ2v) is 8.12. The molecule has 2 aromatic rings. The number of hydrogen-bond acceptors (Lipinski definition) is 4. The van der Waals surface area contributed by atoms with Crippen LogP contribution in [-0.2, 0) is 6.54 Å². The Kier molecular flexibility index (Phi) is 6.18. The molecule has 0 bridgehead atoms. The molecule has 0 unspecified atom stereocenters. The summed E-state index contributed by atoms with van der Waals surface area (Å²) in [6, 6.07) is 8.03. The Balaban J connectivity index is 1.63. The van der Waals surface area contributed by atoms with Crippen LogP contribution in [0.4, 0.5) is 0 Å². The standard InChI is InChI=1S/C23H25BrN2O4/c1-28-19-7-4-16(5-8-19)17-6-9-20-18(12-17)13-25-15-22(30-11-3-10-24)23(29-2)21(25)14-26(20)27/h4-9,14-15,18H,3,10-13H2,1-2H3/t18-/m0/s1. The van der Waals surface area contributed by atoms with Crippen LogP contribution >= 0.6 is 15.9 Å². The van der Waals surface area contributed by atoms with Crippen LogP contribution in [0.25, 0.3) is 5.57 Å². The lowest BCUT2D eigenvalue weighted by molar-refractivity contribution is -0.404. The van der Waals surface area contributed by atoms with E-state index in [1.165, 1.54) is 5.57 Å². The Hall–Kier alpha value is -2.67. The van der Waals surface area contributed by atoms with Gasteiger partial charge >= 0.3 is 0 Å². The average molecular weight is 473 g/mol. The maximum atomic E-state index is 12.9. The van der Waals surface area contributed by atoms with E-state index in [1.54, 1.807) is 20.4 Å². The number of fused-ring (bicyclic) bond motifs is 2. The van der Waals surface area contributed by atoms with Gasteiger partial charge in [-0.15, -0.1) is 0 Å². The van der Waals surface area contributed by atoms with Gasteiger partial charge in [0.25, 0.3) is 0 Å². The molecule has 30 heavy (non-hydrogen) atoms. The zero-order valence-corrected chi connectivity index (χ0v) is 18.7. The first kappa shape index (κ1) is 20.6. The van der Waals surface area contributed by atoms with Crippen LogP contribution in [0.5, 0.6) is 17.2 Å². The molecule has 1 aliphatic heterocycles. The molecule has 2 aliphatic rings. The minimum atomic E-state index is 0.0644. The number of alkyl halides is 1. The molecule has 0 amide bonds. The van der Waals surface area contributed by atoms with Gasteiger partial charge in [0.2, 0.25) is 6.21 Å². The highest BCUT2D eigenvalue weighted by molar-refractivity contribution is 9.09. The van der Waals surface area contributed by atoms with Gasteiger partial charge in [-0.3, -0.25) is 0 Å². The first-order valence-electron chi connectivity index (χ1n) is 9.97. The predicted octanol–water partition coefficient (Wildman–Crippen LogP) is 4.60. The Morgan fingerprint density at radius 1 is 1.17 bits per heavy atom. The van der Waals surface area contributed by atoms with Crippen molar-refractivity contribution in [2.24, 2.45) is 5.92 Å². The summed E-state index contributed by atoms with van der Waals surface area (Å²) in [5.41, 5.74) is 3.85. The second kappa shape index (κ2) is 9.00. The van der Waals surface area contributed by atoms with Crippen LogP contribution in [-0.4, -0.2) is 41.7 Å². The zero-order valence-electron chi connectivity index (χ0n) is 17.1. The number of rotatable bonds is 7. The summed E-state index contributed by atoms with van der Waals surface area (Å²) in [7, 11) is 3.27. The van der Waals surface area contributed by atoms with E-state index in [0.29, 0.717) is 24.7 Å². The highest BCUT2D eigenvalue weighted by atomic mass is 79.9. The van der Waals surface area contributed by atoms with Crippen LogP contribution in [0.15, 0.2) is 48.3 Å². The summed E-state index contributed by atoms with van der Waals surface area (Å²) in [5, 5.41) is 13.8. The number of hydroxylamine groups is 1. The monoisotopic (exact) mass is 472 g/mol. The van der Waals surface area contributed by atoms with E-state index in [4.69, 9.17) is 14.2 Å². The molecule has 0 N–H and O–H groups in total. The Morgan fingerprint density at radius 3 is 2.67 bits per heavy atom. The van der Waals surface area contributed by atoms with Crippen LogP contribution in [0, 0.1) is 11.1 Å². The van der Waals surface area contributed by atoms with Crippen molar-refractivity contribution in [2.75, 3.05) is 26.2 Å². The molecule has 6 nitrogen and oxygen atoms in total. The quantitative estimate of drug-likeness (QED) is 0.255. The molecule has 4 rings (SSSR count). The van der Waals surface area contributed by atoms with E-state index in [2.05, 4.69) is 32.6 Å². The normalized spacial score (nSPS) is 17.7. The van der Waals surface area contributed by atoms with Crippen molar-refractivity contribution >= 4 is 27.7 Å². The van der Waals surface area contributed by atoms with Gasteiger partial charge < -0.3 is 24.0 Å². The molecular formula is C23H25BrN2O4. The number of ether oxygens (including phenoxy) is 3. The Morgan fingerprint density at radius 2 is 1.97 bits per heavy atom. The van der Waals surface area contributed by atoms with E-state index in [9.17, 15) is 5.21 Å². The first-order valence-corrected chi connectivity index (χ1v) is 11.1. The number of halogens is 1. The van der Waals surface area contributed by atoms with Crippen molar-refractivity contribution in [3.63, 3.8) is 0 Å². The molecule has 2 heterocycles. The van der Waals surface area contributed by atoms with E-state index in [1.807, 2.05) is 30.5 Å². The van der Waals surface area contributed by atoms with Gasteiger partial charge in [-0.25, -0.2) is 0 Å². The number of aromatic nitrogens is 1. The van der Waals surface area contributed by atoms with Crippen molar-refractivity contribution in [1.29, 1.82) is 0 Å². The summed E-state index contributed by atoms with van der Waals surface area (Å²) in [6.07, 6.45) is 9.19. The number of benzene rings is 1. The van der Waals surface area contributed by atoms with Gasteiger partial charge in [0.05, 0.1) is 32.9 Å². The van der Waals surface area contributed by atoms with Crippen LogP contribution in [0.3, 0.4) is 0 Å². The van der Waals surface area contributed by atoms with Gasteiger partial charge in [-0.1, -0.05) is 34.1 Å². The lowest BCUT2D eigenvalue weighted by Crippen LogP contribution is -2.18. The molecule has 1 aromatic carbocycles. The van der Waals surface area contributed by atoms with Gasteiger partial charge in [0.1, 0.15) is 5.75 Å². The Bertz CT molecular complexity index is 1000. The van der Waals surface area contributed by atoms with Crippen LogP contribution in [0.2, 0.25) is 0 Å². The second-order valence-electron chi connectivity index (χ2n) is 7.32. The summed E-state index contributed by atoms with van der Waals surface area (Å²) < 4.78 is 19.8. The van der Waals surface area contributed by atoms with Crippen molar-refractivity contribution < 1.29 is 18.9 Å². The number of nitrogens with zero attached hydrogens (tertiary/aromatic N) is 2. The van der Waals surface area contributed by atoms with Crippen molar-refractivity contribution in [3.8, 4) is 17.2 Å². The fraction of sp³-hybridized carbons (Fsp3) is 0.348. The minimum absolute atomic E-state index is 0.0644. The van der Waals surface area contributed by atoms with Crippen molar-refractivity contribution in [3.05, 3.63) is 64.8 Å². The molecule has 0 saturated carbocycles. The number of methoxy groups -OCH3 is 2. The highest BCUT2D eigenvalue weighted by Crippen LogP contribution is 2.39. The molecule has 0 spiro atoms. The SMILES string of the molecule is COc1ccc(C2=CC=C3[C@@H](C2)Cn2cc(OCCCBr)c(OC)c2C=[N+]3[O-])cc1. The number of allylic oxidation sites excluding steroid dienone is 4. The topological polar surface area (TPSA) is 58.7 Å². The maximum absolute atomic E-state index is 12.9. The fourth-order valence-corrected chi connectivity index (χ4v) is 4.20. The third-order valence-electron chi connectivity index (χ3n) is 5.49. The Labute approximate surface area is 184 Å². The molecular weight excluding hydrogens is 448 g/mol. The molecule has 0 radical (unpaired) electrons. The highest BCUT2D eigenvalue weighted by Gasteiger charge is 2.32. The molecule has 1 aliphatic carbocycles. The van der Waals surface area contributed by atoms with Crippen LogP contribution < -0.4 is 14.2 Å². The largest absolute Gasteiger partial charge is 0.618 e. The minimum Gasteiger partial charge on any atom is -0.618 e. The summed E-state index contributed by atoms with van der Waals surface area (Å²) in [4.78, 5) is 0. The third-order valence-corrected chi connectivity index (χ3v) is 6.05. The molecule has 7 heteroatoms. The van der Waals surface area contributed by atoms with Gasteiger partial charge in [-0.2, -0.15) is 4.74 Å². The number of hydrogen-bond donors (Lipinski definition) is 0. The molecule has 158 valence electrons. The van der Waals surface area contributed by atoms with Crippen LogP contribution in [0.1, 0.15) is 24.1 Å². The molecule has 0 saturated heterocycles. The van der Waals surface area contributed by atoms with E-state index in [-0.39, 0.29) is 5.92 Å². The van der Waals surface area contributed by atoms with E-state index in [0.717, 1.165) is 45.6 Å². The zero-order chi connectivity index (χ0) is 21.1. The smallest absolute Gasteiger partial charge is 0.208 e. The molecule has 1 atom stereocenters. The molecule has 0 fully saturated rings. The summed E-state index contributed by atoms with van der Waals surface area (Å²) in [5.74, 6) is 2.17. The lowest BCUT2D eigenvalue weighted by atomic mass is 9.87. The average Bonchev–Trinajstić information content (AvgIpc) is 3.02. The molecule has 1 aromatic heterocycles. The maximum Gasteiger partial charge on any atom is 0.208 e. The summed E-state index contributed by atoms with van der Waals surface area (Å²) in [6.45, 7) is 1.27. The predicted molar refractivity (Wildman–Crippen MR) is 121 cm³/mol. The lowest BCUT2D eigenvalue weighted by Gasteiger charge is -2.22. The first-order chi connectivity index (χ1) is 14.6. The van der Waals surface area contributed by atoms with E-state index >= 15 is 0 Å². The van der Waals surface area contributed by atoms with Gasteiger partial charge in [0.15, 0.2) is 22.9 Å². The van der Waals surface area contributed by atoms with Gasteiger partial charge in [0, 0.05) is 18.0 Å². The van der Waals surface area contributed by atoms with Crippen molar-refractivity contribution in [1.82, 2.24) is 4.57 Å².